The van der Waals surface area contributed by atoms with Crippen molar-refractivity contribution in [3.63, 3.8) is 0 Å². The Morgan fingerprint density at radius 3 is 1.47 bits per heavy atom. The average molecular weight is 1220 g/mol. The number of nitrogens with one attached hydrogen (secondary N) is 2. The maximum absolute atomic E-state index is 13.3. The molecule has 8 aromatic carbocycles. The second-order valence-corrected chi connectivity index (χ2v) is 19.4. The summed E-state index contributed by atoms with van der Waals surface area (Å²) in [7, 11) is -6.52. The van der Waals surface area contributed by atoms with Crippen LogP contribution in [-0.4, -0.2) is 106 Å². The number of anilines is 2. The van der Waals surface area contributed by atoms with Gasteiger partial charge in [0.25, 0.3) is 21.9 Å². The third kappa shape index (κ3) is 13.7. The van der Waals surface area contributed by atoms with Gasteiger partial charge >= 0.3 is 48.9 Å². The fourth-order valence-corrected chi connectivity index (χ4v) is 9.28. The predicted octanol–water partition coefficient (Wildman–Crippen LogP) is 12.0. The van der Waals surface area contributed by atoms with Crippen LogP contribution in [0.25, 0.3) is 21.5 Å². The molecule has 8 aromatic rings. The van der Waals surface area contributed by atoms with Crippen molar-refractivity contribution < 1.29 is 55.2 Å². The molecule has 75 heavy (non-hydrogen) atoms. The molecule has 4 N–H and O–H groups in total. The van der Waals surface area contributed by atoms with Crippen LogP contribution in [0.15, 0.2) is 164 Å². The molecule has 2 amide bonds. The van der Waals surface area contributed by atoms with Gasteiger partial charge in [-0.3, -0.25) is 14.1 Å². The van der Waals surface area contributed by atoms with Crippen LogP contribution in [-0.2, 0) is 33.1 Å². The Hall–Kier alpha value is -6.41. The van der Waals surface area contributed by atoms with Crippen LogP contribution in [0.4, 0.5) is 34.1 Å². The van der Waals surface area contributed by atoms with E-state index in [2.05, 4.69) is 31.1 Å². The van der Waals surface area contributed by atoms with Crippen LogP contribution in [0.1, 0.15) is 45.7 Å². The van der Waals surface area contributed by atoms with Gasteiger partial charge in [0.05, 0.1) is 30.4 Å². The van der Waals surface area contributed by atoms with Crippen LogP contribution in [0.5, 0.6) is 23.0 Å². The molecule has 0 atom stereocenters. The van der Waals surface area contributed by atoms with Gasteiger partial charge in [-0.2, -0.15) is 13.5 Å². The standard InChI is InChI=1S/2C26H22ClN3O6S.Ba/c2*1-3-15-13-23(37(33,34)35)22(14-21(15)27)29-30-24-19-7-5-4-6-16(19)12-20(25(24)31)26(32)28-17-8-10-18(36-2)11-9-17;/h2*4-14,31H,3H2,1-2H3,(H,28,32)(H,33,34,35);/q;;+2/p-2. The summed E-state index contributed by atoms with van der Waals surface area (Å²) in [6.07, 6.45) is 0.815. The Balaban J connectivity index is 0.000000241. The summed E-state index contributed by atoms with van der Waals surface area (Å²) < 4.78 is 79.5. The maximum atomic E-state index is 13.3. The zero-order chi connectivity index (χ0) is 53.5. The number of hydrogen-bond acceptors (Lipinski definition) is 15. The Labute approximate surface area is 481 Å². The third-order valence-electron chi connectivity index (χ3n) is 11.2. The summed E-state index contributed by atoms with van der Waals surface area (Å²) in [5, 5.41) is 48.2. The number of amides is 2. The van der Waals surface area contributed by atoms with E-state index in [0.717, 1.165) is 6.07 Å². The molecular weight excluding hydrogens is 1170 g/mol. The summed E-state index contributed by atoms with van der Waals surface area (Å²) in [5.41, 5.74) is 0.814. The minimum atomic E-state index is -4.91. The van der Waals surface area contributed by atoms with Gasteiger partial charge in [0, 0.05) is 37.8 Å². The van der Waals surface area contributed by atoms with Crippen molar-refractivity contribution in [2.45, 2.75) is 36.5 Å². The predicted molar refractivity (Wildman–Crippen MR) is 284 cm³/mol. The molecule has 0 spiro atoms. The number of phenolic OH excluding ortho intramolecular Hbond substituents is 1. The van der Waals surface area contributed by atoms with E-state index in [-0.39, 0.29) is 92.8 Å². The normalized spacial score (nSPS) is 11.5. The topological polar surface area (TPSA) is 281 Å². The monoisotopic (exact) mass is 1210 g/mol. The summed E-state index contributed by atoms with van der Waals surface area (Å²) in [6.45, 7) is 3.53. The summed E-state index contributed by atoms with van der Waals surface area (Å²) in [4.78, 5) is 25.0. The van der Waals surface area contributed by atoms with Gasteiger partial charge in [0.2, 0.25) is 0 Å². The van der Waals surface area contributed by atoms with Gasteiger partial charge in [-0.05, 0) is 120 Å². The molecule has 0 aliphatic carbocycles. The van der Waals surface area contributed by atoms with Crippen LogP contribution in [0.2, 0.25) is 10.0 Å². The number of ether oxygens (including phenoxy) is 2. The Morgan fingerprint density at radius 1 is 0.600 bits per heavy atom. The number of carbonyl (C=O) groups is 2. The molecule has 380 valence electrons. The van der Waals surface area contributed by atoms with Gasteiger partial charge in [0.15, 0.2) is 5.75 Å². The average Bonchev–Trinajstić information content (AvgIpc) is 3.37. The minimum Gasteiger partial charge on any atom is -0.870 e. The van der Waals surface area contributed by atoms with E-state index >= 15 is 0 Å². The zero-order valence-electron chi connectivity index (χ0n) is 40.2. The molecule has 0 bridgehead atoms. The third-order valence-corrected chi connectivity index (χ3v) is 13.7. The Bertz CT molecular complexity index is 3530. The first-order chi connectivity index (χ1) is 35.2. The molecule has 0 unspecified atom stereocenters. The maximum Gasteiger partial charge on any atom is 2.00 e. The number of azo groups is 2. The molecule has 0 heterocycles. The number of hydrogen-bond donors (Lipinski definition) is 4. The second kappa shape index (κ2) is 25.0. The molecule has 0 aliphatic heterocycles. The smallest absolute Gasteiger partial charge is 0.870 e. The molecule has 0 radical (unpaired) electrons. The molecular formula is C52H42BaCl2N6O12S2. The van der Waals surface area contributed by atoms with Crippen LogP contribution in [0, 0.1) is 0 Å². The summed E-state index contributed by atoms with van der Waals surface area (Å²) >= 11 is 12.4. The molecule has 0 saturated heterocycles. The number of fused-ring (bicyclic) bond motifs is 2. The second-order valence-electron chi connectivity index (χ2n) is 15.9. The minimum absolute atomic E-state index is 0. The van der Waals surface area contributed by atoms with Crippen molar-refractivity contribution in [2.24, 2.45) is 20.5 Å². The number of benzene rings is 8. The van der Waals surface area contributed by atoms with Gasteiger partial charge in [-0.25, -0.2) is 8.42 Å². The van der Waals surface area contributed by atoms with Crippen molar-refractivity contribution in [3.05, 3.63) is 166 Å². The number of carbonyl (C=O) groups excluding carboxylic acids is 2. The van der Waals surface area contributed by atoms with E-state index in [1.165, 1.54) is 44.6 Å². The number of nitrogens with zero attached hydrogens (tertiary/aromatic N) is 4. The Morgan fingerprint density at radius 2 is 1.01 bits per heavy atom. The number of aryl methyl sites for hydroxylation is 2. The van der Waals surface area contributed by atoms with E-state index in [0.29, 0.717) is 68.4 Å². The molecule has 0 fully saturated rings. The van der Waals surface area contributed by atoms with Crippen LogP contribution >= 0.6 is 23.2 Å². The van der Waals surface area contributed by atoms with E-state index in [4.69, 9.17) is 32.7 Å². The first-order valence-electron chi connectivity index (χ1n) is 22.0. The van der Waals surface area contributed by atoms with Gasteiger partial charge in [-0.15, -0.1) is 15.3 Å². The fourth-order valence-electron chi connectivity index (χ4n) is 7.40. The van der Waals surface area contributed by atoms with Gasteiger partial charge in [0.1, 0.15) is 43.6 Å². The fraction of sp³-hybridized carbons (Fsp3) is 0.115. The number of aromatic hydroxyl groups is 1. The van der Waals surface area contributed by atoms with Crippen LogP contribution in [0.3, 0.4) is 0 Å². The first kappa shape index (κ1) is 57.9. The van der Waals surface area contributed by atoms with Crippen molar-refractivity contribution in [3.8, 4) is 23.0 Å². The Kier molecular flexibility index (Phi) is 19.3. The first-order valence-corrected chi connectivity index (χ1v) is 25.6. The van der Waals surface area contributed by atoms with Crippen molar-refractivity contribution in [1.82, 2.24) is 0 Å². The van der Waals surface area contributed by atoms with Gasteiger partial charge < -0.3 is 34.9 Å². The van der Waals surface area contributed by atoms with Crippen molar-refractivity contribution in [1.29, 1.82) is 0 Å². The van der Waals surface area contributed by atoms with Crippen molar-refractivity contribution >= 4 is 160 Å². The molecule has 23 heteroatoms. The van der Waals surface area contributed by atoms with E-state index < -0.39 is 53.3 Å². The number of phenols is 1. The molecule has 18 nitrogen and oxygen atoms in total. The quantitative estimate of drug-likeness (QED) is 0.0449. The SMILES string of the molecule is CCc1cc(S(=O)(=O)O)c(N=Nc2c(O)c(C(=O)Nc3ccc(OC)cc3)cc3ccccc23)cc1Cl.CCc1cc(S(=O)(=O)[O-])c(N=Nc2c([O-])c(C(=O)Nc3ccc(OC)cc3)cc3ccccc23)cc1Cl.[Ba+2]. The molecule has 0 saturated carbocycles. The number of rotatable bonds is 14. The largest absolute Gasteiger partial charge is 2.00 e. The molecule has 0 aliphatic rings. The zero-order valence-corrected chi connectivity index (χ0v) is 47.7. The van der Waals surface area contributed by atoms with E-state index in [9.17, 15) is 45.7 Å². The van der Waals surface area contributed by atoms with E-state index in [1.807, 2.05) is 0 Å². The van der Waals surface area contributed by atoms with Gasteiger partial charge in [-0.1, -0.05) is 91.3 Å². The number of methoxy groups -OCH3 is 2. The van der Waals surface area contributed by atoms with E-state index in [1.54, 1.807) is 111 Å². The molecule has 0 aromatic heterocycles. The number of halogens is 2. The van der Waals surface area contributed by atoms with Crippen molar-refractivity contribution in [2.75, 3.05) is 24.9 Å². The molecule has 8 rings (SSSR count). The summed E-state index contributed by atoms with van der Waals surface area (Å²) in [5.74, 6) is -1.24. The summed E-state index contributed by atoms with van der Waals surface area (Å²) in [6, 6.07) is 34.6. The van der Waals surface area contributed by atoms with Crippen LogP contribution < -0.4 is 25.2 Å².